The number of aromatic amines is 1. The Kier molecular flexibility index (Phi) is 6.09. The summed E-state index contributed by atoms with van der Waals surface area (Å²) in [5.74, 6) is -1.56. The van der Waals surface area contributed by atoms with Crippen molar-refractivity contribution in [2.75, 3.05) is 10.6 Å². The van der Waals surface area contributed by atoms with E-state index in [-0.39, 0.29) is 29.5 Å². The van der Waals surface area contributed by atoms with Gasteiger partial charge in [-0.15, -0.1) is 0 Å². The van der Waals surface area contributed by atoms with Crippen LogP contribution in [0.15, 0.2) is 52.4 Å². The fourth-order valence-corrected chi connectivity index (χ4v) is 4.47. The van der Waals surface area contributed by atoms with Crippen LogP contribution in [0.25, 0.3) is 0 Å². The number of aromatic nitrogens is 2. The van der Waals surface area contributed by atoms with E-state index in [2.05, 4.69) is 20.6 Å². The fraction of sp³-hybridized carbons (Fsp3) is 0.217. The molecule has 164 valence electrons. The number of rotatable bonds is 5. The molecule has 0 unspecified atom stereocenters. The molecule has 4 rings (SSSR count). The molecule has 3 N–H and O–H groups in total. The molecule has 32 heavy (non-hydrogen) atoms. The van der Waals surface area contributed by atoms with Gasteiger partial charge in [-0.1, -0.05) is 30.0 Å². The SMILES string of the molecule is Cc1cc(C)cc(NC(=O)[C@@H]2CC(=O)Nc3nc(SCc4ccc(F)cc4)[nH]c(=O)c32)c1. The summed E-state index contributed by atoms with van der Waals surface area (Å²) in [6.07, 6.45) is -0.142. The Balaban J connectivity index is 1.57. The molecule has 0 saturated carbocycles. The quantitative estimate of drug-likeness (QED) is 0.403. The molecule has 2 amide bonds. The number of thioether (sulfide) groups is 1. The first-order chi connectivity index (χ1) is 15.3. The highest BCUT2D eigenvalue weighted by Crippen LogP contribution is 2.31. The Morgan fingerprint density at radius 2 is 1.84 bits per heavy atom. The minimum absolute atomic E-state index is 0.0900. The van der Waals surface area contributed by atoms with E-state index in [4.69, 9.17) is 0 Å². The van der Waals surface area contributed by atoms with Crippen LogP contribution in [-0.4, -0.2) is 21.8 Å². The van der Waals surface area contributed by atoms with E-state index < -0.39 is 17.4 Å². The number of amides is 2. The third-order valence-electron chi connectivity index (χ3n) is 5.02. The maximum absolute atomic E-state index is 13.1. The van der Waals surface area contributed by atoms with E-state index in [1.807, 2.05) is 32.0 Å². The van der Waals surface area contributed by atoms with Gasteiger partial charge in [0.1, 0.15) is 11.6 Å². The van der Waals surface area contributed by atoms with Gasteiger partial charge in [-0.3, -0.25) is 14.4 Å². The first-order valence-electron chi connectivity index (χ1n) is 9.99. The van der Waals surface area contributed by atoms with Crippen molar-refractivity contribution in [2.24, 2.45) is 0 Å². The smallest absolute Gasteiger partial charge is 0.257 e. The molecule has 1 aromatic heterocycles. The van der Waals surface area contributed by atoms with Crippen molar-refractivity contribution < 1.29 is 14.0 Å². The van der Waals surface area contributed by atoms with Crippen LogP contribution in [0.3, 0.4) is 0 Å². The lowest BCUT2D eigenvalue weighted by atomic mass is 9.92. The Labute approximate surface area is 187 Å². The number of hydrogen-bond acceptors (Lipinski definition) is 5. The Bertz CT molecular complexity index is 1240. The molecule has 1 aliphatic heterocycles. The minimum Gasteiger partial charge on any atom is -0.326 e. The van der Waals surface area contributed by atoms with Gasteiger partial charge in [-0.25, -0.2) is 9.37 Å². The number of hydrogen-bond donors (Lipinski definition) is 3. The maximum Gasteiger partial charge on any atom is 0.257 e. The number of carbonyl (C=O) groups excluding carboxylic acids is 2. The lowest BCUT2D eigenvalue weighted by molar-refractivity contribution is -0.123. The highest BCUT2D eigenvalue weighted by molar-refractivity contribution is 7.98. The number of carbonyl (C=O) groups is 2. The molecular weight excluding hydrogens is 431 g/mol. The molecule has 1 atom stereocenters. The van der Waals surface area contributed by atoms with Crippen molar-refractivity contribution >= 4 is 35.1 Å². The van der Waals surface area contributed by atoms with Crippen molar-refractivity contribution in [1.82, 2.24) is 9.97 Å². The van der Waals surface area contributed by atoms with E-state index in [0.717, 1.165) is 16.7 Å². The van der Waals surface area contributed by atoms with Gasteiger partial charge in [-0.05, 0) is 54.8 Å². The van der Waals surface area contributed by atoms with Gasteiger partial charge in [0.05, 0.1) is 11.5 Å². The molecule has 0 bridgehead atoms. The molecule has 3 aromatic rings. The zero-order valence-electron chi connectivity index (χ0n) is 17.5. The van der Waals surface area contributed by atoms with Crippen LogP contribution >= 0.6 is 11.8 Å². The number of aryl methyl sites for hydroxylation is 2. The monoisotopic (exact) mass is 452 g/mol. The lowest BCUT2D eigenvalue weighted by Gasteiger charge is -2.23. The topological polar surface area (TPSA) is 104 Å². The van der Waals surface area contributed by atoms with Crippen molar-refractivity contribution in [3.05, 3.63) is 80.9 Å². The zero-order chi connectivity index (χ0) is 22.8. The van der Waals surface area contributed by atoms with Gasteiger partial charge in [-0.2, -0.15) is 0 Å². The molecule has 9 heteroatoms. The highest BCUT2D eigenvalue weighted by atomic mass is 32.2. The van der Waals surface area contributed by atoms with Crippen molar-refractivity contribution in [3.63, 3.8) is 0 Å². The molecule has 7 nitrogen and oxygen atoms in total. The van der Waals surface area contributed by atoms with Gasteiger partial charge in [0.2, 0.25) is 11.8 Å². The summed E-state index contributed by atoms with van der Waals surface area (Å²) in [7, 11) is 0. The molecule has 0 radical (unpaired) electrons. The minimum atomic E-state index is -0.952. The molecule has 0 aliphatic carbocycles. The van der Waals surface area contributed by atoms with Gasteiger partial charge in [0.25, 0.3) is 5.56 Å². The summed E-state index contributed by atoms with van der Waals surface area (Å²) in [5, 5.41) is 5.71. The zero-order valence-corrected chi connectivity index (χ0v) is 18.3. The van der Waals surface area contributed by atoms with Crippen LogP contribution in [0.4, 0.5) is 15.9 Å². The average Bonchev–Trinajstić information content (AvgIpc) is 2.71. The summed E-state index contributed by atoms with van der Waals surface area (Å²) in [4.78, 5) is 45.1. The molecule has 2 aromatic carbocycles. The van der Waals surface area contributed by atoms with Crippen LogP contribution in [-0.2, 0) is 15.3 Å². The second-order valence-corrected chi connectivity index (χ2v) is 8.68. The fourth-order valence-electron chi connectivity index (χ4n) is 3.65. The van der Waals surface area contributed by atoms with E-state index in [1.54, 1.807) is 12.1 Å². The molecule has 1 aliphatic rings. The largest absolute Gasteiger partial charge is 0.326 e. The van der Waals surface area contributed by atoms with E-state index in [9.17, 15) is 18.8 Å². The van der Waals surface area contributed by atoms with Crippen LogP contribution in [0.2, 0.25) is 0 Å². The number of H-pyrrole nitrogens is 1. The lowest BCUT2D eigenvalue weighted by Crippen LogP contribution is -2.36. The molecule has 0 fully saturated rings. The molecule has 0 spiro atoms. The summed E-state index contributed by atoms with van der Waals surface area (Å²) < 4.78 is 13.1. The summed E-state index contributed by atoms with van der Waals surface area (Å²) in [6.45, 7) is 3.84. The number of nitrogens with zero attached hydrogens (tertiary/aromatic N) is 1. The van der Waals surface area contributed by atoms with Crippen molar-refractivity contribution in [1.29, 1.82) is 0 Å². The summed E-state index contributed by atoms with van der Waals surface area (Å²) >= 11 is 1.24. The number of anilines is 2. The number of halogens is 1. The van der Waals surface area contributed by atoms with E-state index in [1.165, 1.54) is 23.9 Å². The Hall–Kier alpha value is -3.46. The number of fused-ring (bicyclic) bond motifs is 1. The van der Waals surface area contributed by atoms with E-state index >= 15 is 0 Å². The number of nitrogens with one attached hydrogen (secondary N) is 3. The maximum atomic E-state index is 13.1. The second-order valence-electron chi connectivity index (χ2n) is 7.72. The summed E-state index contributed by atoms with van der Waals surface area (Å²) in [5.41, 5.74) is 3.10. The van der Waals surface area contributed by atoms with Gasteiger partial charge < -0.3 is 15.6 Å². The molecule has 0 saturated heterocycles. The van der Waals surface area contributed by atoms with Gasteiger partial charge >= 0.3 is 0 Å². The second kappa shape index (κ2) is 8.96. The van der Waals surface area contributed by atoms with E-state index in [0.29, 0.717) is 16.6 Å². The normalized spacial score (nSPS) is 15.1. The Morgan fingerprint density at radius 3 is 2.53 bits per heavy atom. The Morgan fingerprint density at radius 1 is 1.16 bits per heavy atom. The standard InChI is InChI=1S/C23H21FN4O3S/c1-12-7-13(2)9-16(8-12)25-21(30)17-10-18(29)26-20-19(17)22(31)28-23(27-20)32-11-14-3-5-15(24)6-4-14/h3-9,17H,10-11H2,1-2H3,(H,25,30)(H2,26,27,28,29,31)/t17-/m1/s1. The van der Waals surface area contributed by atoms with Crippen LogP contribution in [0.5, 0.6) is 0 Å². The van der Waals surface area contributed by atoms with Crippen LogP contribution in [0, 0.1) is 19.7 Å². The number of benzene rings is 2. The van der Waals surface area contributed by atoms with Gasteiger partial charge in [0.15, 0.2) is 5.16 Å². The van der Waals surface area contributed by atoms with Gasteiger partial charge in [0, 0.05) is 17.9 Å². The summed E-state index contributed by atoms with van der Waals surface area (Å²) in [6, 6.07) is 11.6. The first-order valence-corrected chi connectivity index (χ1v) is 11.0. The highest BCUT2D eigenvalue weighted by Gasteiger charge is 2.34. The van der Waals surface area contributed by atoms with Crippen molar-refractivity contribution in [3.8, 4) is 0 Å². The predicted molar refractivity (Wildman–Crippen MR) is 121 cm³/mol. The van der Waals surface area contributed by atoms with Crippen LogP contribution in [0.1, 0.15) is 34.6 Å². The third kappa shape index (κ3) is 4.88. The first kappa shape index (κ1) is 21.8. The molecular formula is C23H21FN4O3S. The van der Waals surface area contributed by atoms with Crippen molar-refractivity contribution in [2.45, 2.75) is 37.1 Å². The predicted octanol–water partition coefficient (Wildman–Crippen LogP) is 3.88. The third-order valence-corrected chi connectivity index (χ3v) is 5.97. The average molecular weight is 453 g/mol. The molecule has 2 heterocycles. The van der Waals surface area contributed by atoms with Crippen LogP contribution < -0.4 is 16.2 Å².